The van der Waals surface area contributed by atoms with Crippen molar-refractivity contribution in [3.05, 3.63) is 72.3 Å². The normalized spacial score (nSPS) is 13.7. The number of anilines is 1. The van der Waals surface area contributed by atoms with Crippen LogP contribution in [0.15, 0.2) is 61.2 Å². The third kappa shape index (κ3) is 2.25. The number of benzene rings is 2. The number of nitrogens with zero attached hydrogens (tertiary/aromatic N) is 1. The summed E-state index contributed by atoms with van der Waals surface area (Å²) in [5.41, 5.74) is 3.72. The molecule has 2 heteroatoms. The Bertz CT molecular complexity index is 645. The third-order valence-electron chi connectivity index (χ3n) is 3.74. The summed E-state index contributed by atoms with van der Waals surface area (Å²) in [5.74, 6) is 0.00310. The lowest BCUT2D eigenvalue weighted by atomic mass is 9.99. The van der Waals surface area contributed by atoms with Crippen LogP contribution in [0.3, 0.4) is 0 Å². The van der Waals surface area contributed by atoms with Crippen LogP contribution in [0.5, 0.6) is 0 Å². The van der Waals surface area contributed by atoms with Crippen LogP contribution in [0, 0.1) is 0 Å². The Morgan fingerprint density at radius 3 is 2.50 bits per heavy atom. The van der Waals surface area contributed by atoms with Crippen LogP contribution in [-0.4, -0.2) is 12.5 Å². The minimum atomic E-state index is 0.00310. The second-order valence-corrected chi connectivity index (χ2v) is 5.03. The number of rotatable bonds is 2. The summed E-state index contributed by atoms with van der Waals surface area (Å²) < 4.78 is 0. The number of carbonyl (C=O) groups is 1. The highest BCUT2D eigenvalue weighted by atomic mass is 16.2. The number of aryl methyl sites for hydroxylation is 1. The fraction of sp³-hybridized carbons (Fsp3) is 0.167. The molecule has 2 aromatic rings. The van der Waals surface area contributed by atoms with Crippen molar-refractivity contribution in [3.63, 3.8) is 0 Å². The first-order valence-corrected chi connectivity index (χ1v) is 6.91. The van der Waals surface area contributed by atoms with Gasteiger partial charge in [0.2, 0.25) is 0 Å². The lowest BCUT2D eigenvalue weighted by Crippen LogP contribution is -2.35. The Hall–Kier alpha value is -2.35. The molecule has 0 N–H and O–H groups in total. The van der Waals surface area contributed by atoms with Gasteiger partial charge in [0.25, 0.3) is 5.91 Å². The quantitative estimate of drug-likeness (QED) is 0.757. The molecule has 1 heterocycles. The second kappa shape index (κ2) is 5.33. The zero-order chi connectivity index (χ0) is 13.9. The summed E-state index contributed by atoms with van der Waals surface area (Å²) in [6, 6.07) is 17.8. The van der Waals surface area contributed by atoms with Crippen molar-refractivity contribution >= 4 is 17.2 Å². The Morgan fingerprint density at radius 1 is 1.00 bits per heavy atom. The van der Waals surface area contributed by atoms with Gasteiger partial charge in [0.1, 0.15) is 0 Å². The van der Waals surface area contributed by atoms with Crippen molar-refractivity contribution in [2.75, 3.05) is 11.4 Å². The number of hydrogen-bond acceptors (Lipinski definition) is 1. The monoisotopic (exact) mass is 263 g/mol. The van der Waals surface area contributed by atoms with Gasteiger partial charge in [-0.1, -0.05) is 55.1 Å². The van der Waals surface area contributed by atoms with E-state index < -0.39 is 0 Å². The third-order valence-corrected chi connectivity index (χ3v) is 3.74. The van der Waals surface area contributed by atoms with E-state index in [1.807, 2.05) is 53.4 Å². The van der Waals surface area contributed by atoms with Gasteiger partial charge < -0.3 is 4.90 Å². The largest absolute Gasteiger partial charge is 0.308 e. The van der Waals surface area contributed by atoms with E-state index in [1.165, 1.54) is 5.56 Å². The summed E-state index contributed by atoms with van der Waals surface area (Å²) >= 11 is 0. The molecule has 0 bridgehead atoms. The molecule has 0 unspecified atom stereocenters. The van der Waals surface area contributed by atoms with Gasteiger partial charge in [-0.3, -0.25) is 4.79 Å². The summed E-state index contributed by atoms with van der Waals surface area (Å²) in [7, 11) is 0. The SMILES string of the molecule is C=C(C(=O)N1CCCc2ccccc21)c1ccccc1. The predicted molar refractivity (Wildman–Crippen MR) is 82.6 cm³/mol. The molecular weight excluding hydrogens is 246 g/mol. The summed E-state index contributed by atoms with van der Waals surface area (Å²) in [6.07, 6.45) is 2.04. The molecule has 0 fully saturated rings. The minimum absolute atomic E-state index is 0.00310. The van der Waals surface area contributed by atoms with Crippen molar-refractivity contribution in [3.8, 4) is 0 Å². The molecule has 0 saturated heterocycles. The van der Waals surface area contributed by atoms with Crippen molar-refractivity contribution in [1.29, 1.82) is 0 Å². The predicted octanol–water partition coefficient (Wildman–Crippen LogP) is 3.68. The maximum Gasteiger partial charge on any atom is 0.258 e. The molecule has 0 aliphatic carbocycles. The zero-order valence-electron chi connectivity index (χ0n) is 11.4. The highest BCUT2D eigenvalue weighted by Gasteiger charge is 2.24. The first-order valence-electron chi connectivity index (χ1n) is 6.91. The van der Waals surface area contributed by atoms with Gasteiger partial charge in [-0.05, 0) is 30.0 Å². The van der Waals surface area contributed by atoms with Crippen LogP contribution < -0.4 is 4.90 Å². The van der Waals surface area contributed by atoms with Gasteiger partial charge in [-0.25, -0.2) is 0 Å². The van der Waals surface area contributed by atoms with Crippen LogP contribution in [-0.2, 0) is 11.2 Å². The first-order chi connectivity index (χ1) is 9.77. The molecule has 2 nitrogen and oxygen atoms in total. The van der Waals surface area contributed by atoms with Gasteiger partial charge in [-0.15, -0.1) is 0 Å². The van der Waals surface area contributed by atoms with Crippen LogP contribution in [0.25, 0.3) is 5.57 Å². The van der Waals surface area contributed by atoms with Crippen LogP contribution >= 0.6 is 0 Å². The molecule has 20 heavy (non-hydrogen) atoms. The number of amides is 1. The van der Waals surface area contributed by atoms with Crippen molar-refractivity contribution in [2.45, 2.75) is 12.8 Å². The summed E-state index contributed by atoms with van der Waals surface area (Å²) in [4.78, 5) is 14.5. The topological polar surface area (TPSA) is 20.3 Å². The van der Waals surface area contributed by atoms with E-state index in [0.29, 0.717) is 5.57 Å². The van der Waals surface area contributed by atoms with E-state index >= 15 is 0 Å². The number of hydrogen-bond donors (Lipinski definition) is 0. The Labute approximate surface area is 119 Å². The average Bonchev–Trinajstić information content (AvgIpc) is 2.54. The molecule has 0 aromatic heterocycles. The molecular formula is C18H17NO. The molecule has 0 saturated carbocycles. The van der Waals surface area contributed by atoms with E-state index in [9.17, 15) is 4.79 Å². The Kier molecular flexibility index (Phi) is 3.38. The maximum atomic E-state index is 12.7. The highest BCUT2D eigenvalue weighted by Crippen LogP contribution is 2.29. The van der Waals surface area contributed by atoms with E-state index in [2.05, 4.69) is 12.6 Å². The fourth-order valence-corrected chi connectivity index (χ4v) is 2.67. The maximum absolute atomic E-state index is 12.7. The number of fused-ring (bicyclic) bond motifs is 1. The molecule has 1 aliphatic heterocycles. The highest BCUT2D eigenvalue weighted by molar-refractivity contribution is 6.25. The minimum Gasteiger partial charge on any atom is -0.308 e. The van der Waals surface area contributed by atoms with E-state index in [-0.39, 0.29) is 5.91 Å². The van der Waals surface area contributed by atoms with E-state index in [0.717, 1.165) is 30.6 Å². The van der Waals surface area contributed by atoms with Crippen molar-refractivity contribution in [1.82, 2.24) is 0 Å². The molecule has 0 radical (unpaired) electrons. The second-order valence-electron chi connectivity index (χ2n) is 5.03. The van der Waals surface area contributed by atoms with Crippen LogP contribution in [0.2, 0.25) is 0 Å². The lowest BCUT2D eigenvalue weighted by molar-refractivity contribution is -0.113. The molecule has 1 amide bonds. The van der Waals surface area contributed by atoms with Gasteiger partial charge in [0.15, 0.2) is 0 Å². The van der Waals surface area contributed by atoms with E-state index in [1.54, 1.807) is 0 Å². The molecule has 1 aliphatic rings. The standard InChI is InChI=1S/C18H17NO/c1-14(15-8-3-2-4-9-15)18(20)19-13-7-11-16-10-5-6-12-17(16)19/h2-6,8-10,12H,1,7,11,13H2. The summed E-state index contributed by atoms with van der Waals surface area (Å²) in [6.45, 7) is 4.75. The smallest absolute Gasteiger partial charge is 0.258 e. The molecule has 100 valence electrons. The molecule has 3 rings (SSSR count). The van der Waals surface area contributed by atoms with Gasteiger partial charge in [-0.2, -0.15) is 0 Å². The van der Waals surface area contributed by atoms with Gasteiger partial charge >= 0.3 is 0 Å². The molecule has 0 atom stereocenters. The zero-order valence-corrected chi connectivity index (χ0v) is 11.4. The van der Waals surface area contributed by atoms with Crippen LogP contribution in [0.1, 0.15) is 17.5 Å². The Balaban J connectivity index is 1.91. The van der Waals surface area contributed by atoms with Crippen molar-refractivity contribution in [2.24, 2.45) is 0 Å². The lowest BCUT2D eigenvalue weighted by Gasteiger charge is -2.30. The Morgan fingerprint density at radius 2 is 1.70 bits per heavy atom. The van der Waals surface area contributed by atoms with Gasteiger partial charge in [0, 0.05) is 17.8 Å². The molecule has 2 aromatic carbocycles. The number of para-hydroxylation sites is 1. The van der Waals surface area contributed by atoms with E-state index in [4.69, 9.17) is 0 Å². The average molecular weight is 263 g/mol. The molecule has 0 spiro atoms. The van der Waals surface area contributed by atoms with Crippen molar-refractivity contribution < 1.29 is 4.79 Å². The fourth-order valence-electron chi connectivity index (χ4n) is 2.67. The van der Waals surface area contributed by atoms with Crippen LogP contribution in [0.4, 0.5) is 5.69 Å². The van der Waals surface area contributed by atoms with Gasteiger partial charge in [0.05, 0.1) is 0 Å². The number of carbonyl (C=O) groups excluding carboxylic acids is 1. The summed E-state index contributed by atoms with van der Waals surface area (Å²) in [5, 5.41) is 0. The first kappa shape index (κ1) is 12.7.